The van der Waals surface area contributed by atoms with Crippen LogP contribution in [0.3, 0.4) is 0 Å². The van der Waals surface area contributed by atoms with Crippen molar-refractivity contribution < 1.29 is 72.2 Å². The van der Waals surface area contributed by atoms with E-state index < -0.39 is 0 Å². The SMILES string of the molecule is [O]=[Gd].[O]=[Y]. The molecule has 0 aromatic carbocycles. The van der Waals surface area contributed by atoms with Crippen molar-refractivity contribution >= 4 is 0 Å². The fourth-order valence-electron chi connectivity index (χ4n) is 0. The normalized spacial score (nSPS) is 2.75. The molecule has 0 rings (SSSR count). The summed E-state index contributed by atoms with van der Waals surface area (Å²) in [7, 11) is 0. The van der Waals surface area contributed by atoms with Crippen molar-refractivity contribution in [1.82, 2.24) is 0 Å². The summed E-state index contributed by atoms with van der Waals surface area (Å²) in [6.45, 7) is 0. The molecule has 0 aliphatic rings. The third-order valence-corrected chi connectivity index (χ3v) is 0. The summed E-state index contributed by atoms with van der Waals surface area (Å²) < 4.78 is 16.7. The van der Waals surface area contributed by atoms with Crippen molar-refractivity contribution in [2.24, 2.45) is 0 Å². The Morgan fingerprint density at radius 1 is 1.25 bits per heavy atom. The van der Waals surface area contributed by atoms with E-state index in [9.17, 15) is 0 Å². The van der Waals surface area contributed by atoms with Gasteiger partial charge in [0.1, 0.15) is 0 Å². The van der Waals surface area contributed by atoms with Gasteiger partial charge in [0.25, 0.3) is 0 Å². The first-order chi connectivity index (χ1) is 2.00. The van der Waals surface area contributed by atoms with Gasteiger partial charge in [-0.15, -0.1) is 0 Å². The van der Waals surface area contributed by atoms with E-state index in [1.54, 1.807) is 0 Å². The molecule has 2 nitrogen and oxygen atoms in total. The molecule has 4 heavy (non-hydrogen) atoms. The van der Waals surface area contributed by atoms with Gasteiger partial charge in [0.2, 0.25) is 0 Å². The molecule has 0 bridgehead atoms. The third kappa shape index (κ3) is 8.98. The molecule has 0 aliphatic carbocycles. The molecule has 23 valence electrons. The Morgan fingerprint density at radius 2 is 1.25 bits per heavy atom. The first-order valence-corrected chi connectivity index (χ1v) is 2.46. The van der Waals surface area contributed by atoms with Gasteiger partial charge < -0.3 is 0 Å². The molecule has 0 N–H and O–H groups in total. The van der Waals surface area contributed by atoms with Crippen LogP contribution in [0.15, 0.2) is 0 Å². The molecule has 4 heteroatoms. The second-order valence-electron chi connectivity index (χ2n) is 0. The van der Waals surface area contributed by atoms with E-state index in [2.05, 4.69) is 0 Å². The summed E-state index contributed by atoms with van der Waals surface area (Å²) >= 11 is 0.711. The standard InChI is InChI=1S/Gd.2O.Y. The molecule has 0 unspecified atom stereocenters. The molecule has 0 saturated heterocycles. The van der Waals surface area contributed by atoms with Crippen LogP contribution in [0.5, 0.6) is 0 Å². The molecule has 0 heterocycles. The topological polar surface area (TPSA) is 34.1 Å². The summed E-state index contributed by atoms with van der Waals surface area (Å²) in [6, 6.07) is 0. The molecule has 0 amide bonds. The van der Waals surface area contributed by atoms with E-state index in [-0.39, 0.29) is 31.0 Å². The molecule has 0 fully saturated rings. The summed E-state index contributed by atoms with van der Waals surface area (Å²) in [5.74, 6) is 0. The van der Waals surface area contributed by atoms with Crippen LogP contribution < -0.4 is 0 Å². The second kappa shape index (κ2) is 19.8. The zero-order valence-electron chi connectivity index (χ0n) is 1.75. The van der Waals surface area contributed by atoms with Crippen molar-refractivity contribution in [3.8, 4) is 0 Å². The summed E-state index contributed by atoms with van der Waals surface area (Å²) in [5, 5.41) is 0. The van der Waals surface area contributed by atoms with Crippen molar-refractivity contribution in [1.29, 1.82) is 0 Å². The molecule has 0 radical (unpaired) electrons. The monoisotopic (exact) mass is 279 g/mol. The Kier molecular flexibility index (Phi) is 46.6. The Morgan fingerprint density at radius 3 is 1.25 bits per heavy atom. The van der Waals surface area contributed by atoms with Gasteiger partial charge in [-0.3, -0.25) is 0 Å². The van der Waals surface area contributed by atoms with Gasteiger partial charge in [-0.05, 0) is 0 Å². The van der Waals surface area contributed by atoms with E-state index in [1.165, 1.54) is 0 Å². The van der Waals surface area contributed by atoms with Crippen LogP contribution in [0.1, 0.15) is 0 Å². The maximum absolute atomic E-state index is 8.38. The number of hydrogen-bond donors (Lipinski definition) is 0. The molecular weight excluding hydrogens is 278 g/mol. The second-order valence-corrected chi connectivity index (χ2v) is 0. The molecule has 0 aliphatic heterocycles. The fraction of sp³-hybridized carbons (Fsp3) is 0. The predicted octanol–water partition coefficient (Wildman–Crippen LogP) is -0.240. The molecule has 0 saturated carbocycles. The van der Waals surface area contributed by atoms with E-state index in [1.807, 2.05) is 0 Å². The molecule has 0 atom stereocenters. The Hall–Kier alpha value is 2.03. The quantitative estimate of drug-likeness (QED) is 0.613. The van der Waals surface area contributed by atoms with Gasteiger partial charge in [0.15, 0.2) is 0 Å². The maximum atomic E-state index is 8.38. The van der Waals surface area contributed by atoms with E-state index >= 15 is 0 Å². The van der Waals surface area contributed by atoms with E-state index in [4.69, 9.17) is 3.21 Å². The van der Waals surface area contributed by atoms with Crippen molar-refractivity contribution in [2.45, 2.75) is 0 Å². The Balaban J connectivity index is 0. The van der Waals surface area contributed by atoms with Gasteiger partial charge in [0.05, 0.1) is 0 Å². The van der Waals surface area contributed by atoms with Crippen LogP contribution in [0.4, 0.5) is 0 Å². The Bertz CT molecular complexity index is 8.00. The first-order valence-electron chi connectivity index (χ1n) is 0.380. The summed E-state index contributed by atoms with van der Waals surface area (Å²) in [4.78, 5) is 0. The summed E-state index contributed by atoms with van der Waals surface area (Å²) in [5.41, 5.74) is 0. The zero-order valence-corrected chi connectivity index (χ0v) is 6.85. The zero-order chi connectivity index (χ0) is 4.00. The number of rotatable bonds is 0. The Labute approximate surface area is 70.5 Å². The van der Waals surface area contributed by atoms with Gasteiger partial charge in [-0.25, -0.2) is 0 Å². The van der Waals surface area contributed by atoms with E-state index in [0.29, 0.717) is 38.0 Å². The van der Waals surface area contributed by atoms with Gasteiger partial charge in [0, 0.05) is 0 Å². The van der Waals surface area contributed by atoms with Crippen LogP contribution in [0.25, 0.3) is 0 Å². The van der Waals surface area contributed by atoms with Crippen LogP contribution in [0, 0.1) is 38.0 Å². The van der Waals surface area contributed by atoms with Crippen molar-refractivity contribution in [2.75, 3.05) is 0 Å². The van der Waals surface area contributed by atoms with Crippen LogP contribution in [0.2, 0.25) is 0 Å². The van der Waals surface area contributed by atoms with Gasteiger partial charge in [-0.1, -0.05) is 0 Å². The predicted molar refractivity (Wildman–Crippen MR) is 1.37 cm³/mol. The average molecular weight is 278 g/mol. The van der Waals surface area contributed by atoms with Gasteiger partial charge in [-0.2, -0.15) is 0 Å². The van der Waals surface area contributed by atoms with Crippen molar-refractivity contribution in [3.63, 3.8) is 0 Å². The van der Waals surface area contributed by atoms with E-state index in [0.717, 1.165) is 0 Å². The van der Waals surface area contributed by atoms with Crippen LogP contribution in [-0.4, -0.2) is 0 Å². The van der Waals surface area contributed by atoms with Crippen LogP contribution >= 0.6 is 0 Å². The molecule has 0 aromatic heterocycles. The average Bonchev–Trinajstić information content (AvgIpc) is 1.50. The number of hydrogen-bond acceptors (Lipinski definition) is 2. The fourth-order valence-corrected chi connectivity index (χ4v) is 0. The molecule has 0 aromatic rings. The first kappa shape index (κ1) is 9.39. The minimum atomic E-state index is 0.100. The van der Waals surface area contributed by atoms with Gasteiger partial charge >= 0.3 is 72.2 Å². The summed E-state index contributed by atoms with van der Waals surface area (Å²) in [6.07, 6.45) is 0. The molecule has 0 spiro atoms. The third-order valence-electron chi connectivity index (χ3n) is 0. The minimum absolute atomic E-state index is 0.100. The van der Waals surface area contributed by atoms with Crippen LogP contribution in [-0.2, 0) is 34.2 Å². The van der Waals surface area contributed by atoms with Crippen molar-refractivity contribution in [3.05, 3.63) is 0 Å². The molecular formula is GdO2Y.